The number of rotatable bonds is 3. The van der Waals surface area contributed by atoms with Gasteiger partial charge in [0.15, 0.2) is 0 Å². The lowest BCUT2D eigenvalue weighted by atomic mass is 9.85. The van der Waals surface area contributed by atoms with E-state index in [0.29, 0.717) is 6.04 Å². The largest absolute Gasteiger partial charge is 0.394 e. The molecule has 0 amide bonds. The van der Waals surface area contributed by atoms with E-state index in [1.165, 1.54) is 36.8 Å². The molecular formula is C15H21NO. The minimum absolute atomic E-state index is 0.172. The molecular weight excluding hydrogens is 210 g/mol. The summed E-state index contributed by atoms with van der Waals surface area (Å²) in [4.78, 5) is 0. The highest BCUT2D eigenvalue weighted by molar-refractivity contribution is 5.35. The van der Waals surface area contributed by atoms with Crippen molar-refractivity contribution in [2.45, 2.75) is 50.1 Å². The normalized spacial score (nSPS) is 28.5. The van der Waals surface area contributed by atoms with Gasteiger partial charge in [0.05, 0.1) is 12.1 Å². The molecule has 0 aliphatic heterocycles. The summed E-state index contributed by atoms with van der Waals surface area (Å²) >= 11 is 0. The third-order valence-electron chi connectivity index (χ3n) is 4.16. The van der Waals surface area contributed by atoms with Gasteiger partial charge in [0.2, 0.25) is 0 Å². The number of nitrogens with one attached hydrogen (secondary N) is 1. The maximum atomic E-state index is 9.93. The highest BCUT2D eigenvalue weighted by atomic mass is 16.3. The van der Waals surface area contributed by atoms with Crippen molar-refractivity contribution >= 4 is 0 Å². The van der Waals surface area contributed by atoms with Crippen LogP contribution in [0, 0.1) is 0 Å². The second-order valence-corrected chi connectivity index (χ2v) is 5.52. The molecule has 2 heteroatoms. The third kappa shape index (κ3) is 2.12. The van der Waals surface area contributed by atoms with Gasteiger partial charge in [-0.2, -0.15) is 0 Å². The van der Waals surface area contributed by atoms with Gasteiger partial charge in [-0.25, -0.2) is 0 Å². The Hall–Kier alpha value is -0.860. The average molecular weight is 231 g/mol. The van der Waals surface area contributed by atoms with Crippen LogP contribution in [-0.2, 0) is 12.0 Å². The molecule has 0 heterocycles. The van der Waals surface area contributed by atoms with Crippen LogP contribution in [0.3, 0.4) is 0 Å². The van der Waals surface area contributed by atoms with Crippen LogP contribution in [0.25, 0.3) is 0 Å². The van der Waals surface area contributed by atoms with E-state index in [1.807, 2.05) is 0 Å². The number of aliphatic hydroxyl groups excluding tert-OH is 1. The van der Waals surface area contributed by atoms with Gasteiger partial charge in [-0.15, -0.1) is 0 Å². The van der Waals surface area contributed by atoms with E-state index >= 15 is 0 Å². The molecule has 0 radical (unpaired) electrons. The molecule has 2 aliphatic carbocycles. The number of fused-ring (bicyclic) bond motifs is 1. The van der Waals surface area contributed by atoms with Crippen LogP contribution in [0.1, 0.15) is 43.2 Å². The average Bonchev–Trinajstić information content (AvgIpc) is 3.18. The molecule has 1 unspecified atom stereocenters. The fourth-order valence-electron chi connectivity index (χ4n) is 3.06. The maximum Gasteiger partial charge on any atom is 0.0673 e. The van der Waals surface area contributed by atoms with Gasteiger partial charge in [-0.1, -0.05) is 30.7 Å². The van der Waals surface area contributed by atoms with Gasteiger partial charge in [-0.05, 0) is 43.2 Å². The number of benzene rings is 1. The molecule has 2 N–H and O–H groups in total. The smallest absolute Gasteiger partial charge is 0.0673 e. The maximum absolute atomic E-state index is 9.93. The first-order valence-electron chi connectivity index (χ1n) is 6.81. The second kappa shape index (κ2) is 4.43. The standard InChI is InChI=1S/C15H21NO/c17-11-15(16-13-8-9-13)10-4-3-6-12-5-1-2-7-14(12)15/h1-2,5,7,13,16-17H,3-4,6,8-11H2. The Kier molecular flexibility index (Phi) is 2.93. The molecule has 3 rings (SSSR count). The SMILES string of the molecule is OCC1(NC2CC2)CCCCc2ccccc21. The molecule has 0 spiro atoms. The van der Waals surface area contributed by atoms with E-state index in [1.54, 1.807) is 0 Å². The van der Waals surface area contributed by atoms with E-state index in [-0.39, 0.29) is 12.1 Å². The van der Waals surface area contributed by atoms with Crippen molar-refractivity contribution in [2.75, 3.05) is 6.61 Å². The minimum Gasteiger partial charge on any atom is -0.394 e. The monoisotopic (exact) mass is 231 g/mol. The molecule has 1 fully saturated rings. The topological polar surface area (TPSA) is 32.3 Å². The van der Waals surface area contributed by atoms with Gasteiger partial charge < -0.3 is 10.4 Å². The van der Waals surface area contributed by atoms with Crippen LogP contribution in [-0.4, -0.2) is 17.8 Å². The number of hydrogen-bond donors (Lipinski definition) is 2. The summed E-state index contributed by atoms with van der Waals surface area (Å²) in [6.45, 7) is 0.223. The van der Waals surface area contributed by atoms with Crippen molar-refractivity contribution in [2.24, 2.45) is 0 Å². The van der Waals surface area contributed by atoms with Crippen LogP contribution < -0.4 is 5.32 Å². The Balaban J connectivity index is 2.00. The highest BCUT2D eigenvalue weighted by Crippen LogP contribution is 2.37. The van der Waals surface area contributed by atoms with E-state index in [0.717, 1.165) is 12.8 Å². The fourth-order valence-corrected chi connectivity index (χ4v) is 3.06. The zero-order chi connectivity index (χ0) is 11.7. The summed E-state index contributed by atoms with van der Waals surface area (Å²) in [6.07, 6.45) is 7.20. The lowest BCUT2D eigenvalue weighted by Gasteiger charge is -2.34. The van der Waals surface area contributed by atoms with E-state index < -0.39 is 0 Å². The number of hydrogen-bond acceptors (Lipinski definition) is 2. The molecule has 1 aromatic rings. The Morgan fingerprint density at radius 1 is 1.24 bits per heavy atom. The number of aliphatic hydroxyl groups is 1. The molecule has 92 valence electrons. The fraction of sp³-hybridized carbons (Fsp3) is 0.600. The van der Waals surface area contributed by atoms with E-state index in [2.05, 4.69) is 29.6 Å². The molecule has 0 saturated heterocycles. The Labute approximate surface area is 103 Å². The van der Waals surface area contributed by atoms with E-state index in [4.69, 9.17) is 0 Å². The van der Waals surface area contributed by atoms with Crippen LogP contribution in [0.15, 0.2) is 24.3 Å². The van der Waals surface area contributed by atoms with Gasteiger partial charge >= 0.3 is 0 Å². The summed E-state index contributed by atoms with van der Waals surface area (Å²) in [7, 11) is 0. The van der Waals surface area contributed by atoms with Gasteiger partial charge in [-0.3, -0.25) is 0 Å². The van der Waals surface area contributed by atoms with Crippen LogP contribution in [0.4, 0.5) is 0 Å². The Morgan fingerprint density at radius 2 is 2.06 bits per heavy atom. The molecule has 0 bridgehead atoms. The summed E-state index contributed by atoms with van der Waals surface area (Å²) in [5, 5.41) is 13.6. The lowest BCUT2D eigenvalue weighted by molar-refractivity contribution is 0.148. The van der Waals surface area contributed by atoms with E-state index in [9.17, 15) is 5.11 Å². The molecule has 2 aliphatic rings. The second-order valence-electron chi connectivity index (χ2n) is 5.52. The van der Waals surface area contributed by atoms with Crippen LogP contribution in [0.2, 0.25) is 0 Å². The first-order chi connectivity index (χ1) is 8.34. The zero-order valence-electron chi connectivity index (χ0n) is 10.3. The minimum atomic E-state index is -0.172. The molecule has 17 heavy (non-hydrogen) atoms. The van der Waals surface area contributed by atoms with Crippen molar-refractivity contribution < 1.29 is 5.11 Å². The van der Waals surface area contributed by atoms with Gasteiger partial charge in [0.1, 0.15) is 0 Å². The van der Waals surface area contributed by atoms with Gasteiger partial charge in [0, 0.05) is 6.04 Å². The third-order valence-corrected chi connectivity index (χ3v) is 4.16. The quantitative estimate of drug-likeness (QED) is 0.783. The predicted molar refractivity (Wildman–Crippen MR) is 68.9 cm³/mol. The summed E-state index contributed by atoms with van der Waals surface area (Å²) < 4.78 is 0. The number of aryl methyl sites for hydroxylation is 1. The zero-order valence-corrected chi connectivity index (χ0v) is 10.3. The van der Waals surface area contributed by atoms with Gasteiger partial charge in [0.25, 0.3) is 0 Å². The first kappa shape index (κ1) is 11.2. The summed E-state index contributed by atoms with van der Waals surface area (Å²) in [5.74, 6) is 0. The predicted octanol–water partition coefficient (Wildman–Crippen LogP) is 2.35. The van der Waals surface area contributed by atoms with Crippen molar-refractivity contribution in [3.05, 3.63) is 35.4 Å². The van der Waals surface area contributed by atoms with Crippen molar-refractivity contribution in [3.8, 4) is 0 Å². The summed E-state index contributed by atoms with van der Waals surface area (Å²) in [6, 6.07) is 9.27. The Morgan fingerprint density at radius 3 is 2.82 bits per heavy atom. The molecule has 1 aromatic carbocycles. The lowest BCUT2D eigenvalue weighted by Crippen LogP contribution is -2.47. The molecule has 1 atom stereocenters. The Bertz CT molecular complexity index is 400. The van der Waals surface area contributed by atoms with Crippen LogP contribution in [0.5, 0.6) is 0 Å². The molecule has 2 nitrogen and oxygen atoms in total. The van der Waals surface area contributed by atoms with Crippen molar-refractivity contribution in [3.63, 3.8) is 0 Å². The molecule has 0 aromatic heterocycles. The first-order valence-corrected chi connectivity index (χ1v) is 6.81. The molecule has 1 saturated carbocycles. The van der Waals surface area contributed by atoms with Crippen molar-refractivity contribution in [1.29, 1.82) is 0 Å². The van der Waals surface area contributed by atoms with Crippen LogP contribution >= 0.6 is 0 Å². The van der Waals surface area contributed by atoms with Crippen molar-refractivity contribution in [1.82, 2.24) is 5.32 Å². The highest BCUT2D eigenvalue weighted by Gasteiger charge is 2.38. The summed E-state index contributed by atoms with van der Waals surface area (Å²) in [5.41, 5.74) is 2.59.